The molecule has 502 valence electrons. The van der Waals surface area contributed by atoms with Crippen molar-refractivity contribution in [2.24, 2.45) is 0 Å². The molecule has 0 spiro atoms. The van der Waals surface area contributed by atoms with E-state index < -0.39 is 294 Å². The minimum Gasteiger partial charge on any atom is -0.396 e. The molecule has 18 rings (SSSR count). The summed E-state index contributed by atoms with van der Waals surface area (Å²) in [6.07, 6.45) is -68.6. The highest BCUT2D eigenvalue weighted by Gasteiger charge is 2.58. The highest BCUT2D eigenvalue weighted by molar-refractivity contribution is 5.00. The molecule has 22 N–H and O–H groups in total. The third-order valence-corrected chi connectivity index (χ3v) is 16.2. The Balaban J connectivity index is 1.03. The summed E-state index contributed by atoms with van der Waals surface area (Å²) in [4.78, 5) is 0. The predicted molar refractivity (Wildman–Crippen MR) is 260 cm³/mol. The monoisotopic (exact) mass is 1270 g/mol. The van der Waals surface area contributed by atoms with Gasteiger partial charge in [0, 0.05) is 13.0 Å². The van der Waals surface area contributed by atoms with Gasteiger partial charge in [-0.05, 0) is 6.42 Å². The van der Waals surface area contributed by atoms with Crippen LogP contribution in [0.25, 0.3) is 0 Å². The van der Waals surface area contributed by atoms with Crippen molar-refractivity contribution in [2.75, 3.05) is 66.3 Å². The third-order valence-electron chi connectivity index (χ3n) is 16.2. The number of fused-ring (bicyclic) bond motifs is 1. The molecule has 0 aliphatic carbocycles. The Bertz CT molecular complexity index is 2000. The van der Waals surface area contributed by atoms with Crippen LogP contribution in [-0.4, -0.2) is 400 Å². The van der Waals surface area contributed by atoms with E-state index in [-0.39, 0.29) is 6.42 Å². The van der Waals surface area contributed by atoms with Gasteiger partial charge in [0.1, 0.15) is 172 Å². The van der Waals surface area contributed by atoms with E-state index in [4.69, 9.17) is 75.8 Å². The highest BCUT2D eigenvalue weighted by Crippen LogP contribution is 2.38. The second-order valence-electron chi connectivity index (χ2n) is 21.8. The van der Waals surface area contributed by atoms with Crippen molar-refractivity contribution < 1.29 is 188 Å². The van der Waals surface area contributed by atoms with Crippen molar-refractivity contribution in [2.45, 2.75) is 234 Å². The molecule has 14 bridgehead atoms. The molecule has 0 radical (unpaired) electrons. The fraction of sp³-hybridized carbons (Fsp3) is 1.00. The van der Waals surface area contributed by atoms with Crippen LogP contribution < -0.4 is 0 Å². The molecule has 0 aromatic heterocycles. The molecule has 18 aliphatic heterocycles. The Labute approximate surface area is 487 Å². The van der Waals surface area contributed by atoms with E-state index >= 15 is 0 Å². The van der Waals surface area contributed by atoms with Crippen LogP contribution in [0.3, 0.4) is 0 Å². The van der Waals surface area contributed by atoms with Gasteiger partial charge in [-0.25, -0.2) is 0 Å². The lowest BCUT2D eigenvalue weighted by molar-refractivity contribution is -0.393. The first kappa shape index (κ1) is 70.4. The van der Waals surface area contributed by atoms with Crippen molar-refractivity contribution in [1.82, 2.24) is 0 Å². The first-order chi connectivity index (χ1) is 41.1. The van der Waals surface area contributed by atoms with Crippen molar-refractivity contribution in [3.05, 3.63) is 0 Å². The molecular formula is C48H82O38. The van der Waals surface area contributed by atoms with Gasteiger partial charge in [0.2, 0.25) is 0 Å². The Morgan fingerprint density at radius 2 is 0.488 bits per heavy atom. The molecule has 38 nitrogen and oxygen atoms in total. The van der Waals surface area contributed by atoms with Crippen LogP contribution >= 0.6 is 0 Å². The van der Waals surface area contributed by atoms with Crippen LogP contribution in [0.1, 0.15) is 12.8 Å². The minimum atomic E-state index is -2.19. The Kier molecular flexibility index (Phi) is 25.7. The lowest BCUT2D eigenvalue weighted by Crippen LogP contribution is -2.67. The second-order valence-corrected chi connectivity index (χ2v) is 21.8. The lowest BCUT2D eigenvalue weighted by atomic mass is 9.95. The third kappa shape index (κ3) is 14.9. The van der Waals surface area contributed by atoms with E-state index in [1.54, 1.807) is 0 Å². The predicted octanol–water partition coefficient (Wildman–Crippen LogP) is -15.1. The quantitative estimate of drug-likeness (QED) is 0.0966. The van der Waals surface area contributed by atoms with Crippen LogP contribution in [-0.2, 0) is 75.8 Å². The Hall–Kier alpha value is -1.52. The molecule has 0 aromatic carbocycles. The minimum absolute atomic E-state index is 0.385. The normalized spacial score (nSPS) is 52.4. The van der Waals surface area contributed by atoms with Crippen LogP contribution in [0.2, 0.25) is 0 Å². The zero-order valence-corrected chi connectivity index (χ0v) is 45.6. The van der Waals surface area contributed by atoms with E-state index in [1.165, 1.54) is 0 Å². The van der Waals surface area contributed by atoms with E-state index in [2.05, 4.69) is 0 Å². The van der Waals surface area contributed by atoms with Gasteiger partial charge in [-0.15, -0.1) is 0 Å². The van der Waals surface area contributed by atoms with Crippen LogP contribution in [0.5, 0.6) is 0 Å². The van der Waals surface area contributed by atoms with Gasteiger partial charge in [0.05, 0.1) is 65.1 Å². The summed E-state index contributed by atoms with van der Waals surface area (Å²) in [6.45, 7) is -9.40. The first-order valence-electron chi connectivity index (χ1n) is 27.8. The largest absolute Gasteiger partial charge is 0.396 e. The fourth-order valence-corrected chi connectivity index (χ4v) is 11.4. The summed E-state index contributed by atoms with van der Waals surface area (Å²) >= 11 is 0. The van der Waals surface area contributed by atoms with Gasteiger partial charge in [-0.2, -0.15) is 0 Å². The number of rotatable bonds is 10. The summed E-state index contributed by atoms with van der Waals surface area (Å²) in [7, 11) is 0. The summed E-state index contributed by atoms with van der Waals surface area (Å²) in [6, 6.07) is 0. The molecule has 86 heavy (non-hydrogen) atoms. The number of aliphatic hydroxyl groups is 22. The van der Waals surface area contributed by atoms with Crippen molar-refractivity contribution in [3.8, 4) is 0 Å². The zero-order chi connectivity index (χ0) is 62.6. The van der Waals surface area contributed by atoms with Gasteiger partial charge in [0.15, 0.2) is 44.0 Å². The fourth-order valence-electron chi connectivity index (χ4n) is 11.4. The summed E-state index contributed by atoms with van der Waals surface area (Å²) in [5, 5.41) is 240. The molecule has 18 fully saturated rings. The topological polar surface area (TPSA) is 593 Å². The second kappa shape index (κ2) is 31.4. The maximum atomic E-state index is 11.4. The number of ether oxygens (including phenoxy) is 16. The van der Waals surface area contributed by atoms with E-state index in [9.17, 15) is 112 Å². The van der Waals surface area contributed by atoms with Gasteiger partial charge < -0.3 is 188 Å². The van der Waals surface area contributed by atoms with Crippen LogP contribution in [0, 0.1) is 0 Å². The number of hydrogen-bond acceptors (Lipinski definition) is 38. The average Bonchev–Trinajstić information content (AvgIpc) is 1.46. The summed E-state index contributed by atoms with van der Waals surface area (Å²) in [5.74, 6) is 0. The van der Waals surface area contributed by atoms with Crippen molar-refractivity contribution in [3.63, 3.8) is 0 Å². The Morgan fingerprint density at radius 1 is 0.233 bits per heavy atom. The lowest BCUT2D eigenvalue weighted by Gasteiger charge is -2.49. The van der Waals surface area contributed by atoms with Gasteiger partial charge in [0.25, 0.3) is 0 Å². The highest BCUT2D eigenvalue weighted by atomic mass is 16.8. The molecule has 36 atom stereocenters. The van der Waals surface area contributed by atoms with Gasteiger partial charge >= 0.3 is 0 Å². The van der Waals surface area contributed by atoms with Gasteiger partial charge in [-0.1, -0.05) is 0 Å². The molecule has 18 saturated heterocycles. The van der Waals surface area contributed by atoms with Crippen LogP contribution in [0.4, 0.5) is 0 Å². The number of aliphatic hydroxyl groups excluding tert-OH is 22. The van der Waals surface area contributed by atoms with Crippen LogP contribution in [0.15, 0.2) is 0 Å². The van der Waals surface area contributed by atoms with E-state index in [0.717, 1.165) is 0 Å². The molecule has 0 amide bonds. The van der Waals surface area contributed by atoms with Crippen molar-refractivity contribution in [1.29, 1.82) is 0 Å². The average molecular weight is 1270 g/mol. The maximum absolute atomic E-state index is 11.4. The van der Waals surface area contributed by atoms with E-state index in [0.29, 0.717) is 0 Å². The molecule has 0 saturated carbocycles. The molecule has 0 aromatic rings. The molecule has 18 aliphatic rings. The SMILES string of the molecule is OCCC1OC2OC(CO)C(OC3OC(CO)C(OC4OC(CO)C(OC5OC(CO)C(CC5O)OC5OC(CO)C(OC6OC(CO)C(OC7OC(CO)C(OCOC1CO)C(O)C7O)C(O)C6O)C(O)C5O)C(O)C4O)C(O)C3O)C(O)C2O. The summed E-state index contributed by atoms with van der Waals surface area (Å²) in [5.41, 5.74) is 0. The van der Waals surface area contributed by atoms with Crippen molar-refractivity contribution >= 4 is 0 Å². The zero-order valence-electron chi connectivity index (χ0n) is 45.6. The van der Waals surface area contributed by atoms with E-state index in [1.807, 2.05) is 0 Å². The number of hydrogen-bond donors (Lipinski definition) is 22. The standard InChI is InChI=1S/C48H82O38/c49-2-1-14-16(4-50)71-12-72-36-18(6-52)76-45(30(65)24(36)59)83-40-22(10-56)80-48(34(69)28(40)63)85-39-21(9-55)78-44(32(67)26(39)61)74-15-3-13(58)42(75-17(15)5-51)82-37-19(7-53)79-46(33(68)27(37)62)86-41-23(11-57)81-47(35(70)29(41)64)84-38-20(8-54)77-43(73-14)31(66)25(38)60/h13-70H,1-12H2. The molecule has 38 heteroatoms. The summed E-state index contributed by atoms with van der Waals surface area (Å²) < 4.78 is 91.8. The molecule has 18 heterocycles. The maximum Gasteiger partial charge on any atom is 0.187 e. The first-order valence-corrected chi connectivity index (χ1v) is 27.8. The molecule has 36 unspecified atom stereocenters. The Morgan fingerprint density at radius 3 is 0.802 bits per heavy atom. The smallest absolute Gasteiger partial charge is 0.187 e. The molecular weight excluding hydrogens is 1180 g/mol. The van der Waals surface area contributed by atoms with Gasteiger partial charge in [-0.3, -0.25) is 0 Å².